The van der Waals surface area contributed by atoms with Crippen LogP contribution in [0.25, 0.3) is 0 Å². The van der Waals surface area contributed by atoms with Crippen molar-refractivity contribution >= 4 is 5.91 Å². The first-order valence-electron chi connectivity index (χ1n) is 9.38. The lowest BCUT2D eigenvalue weighted by Gasteiger charge is -2.47. The number of aromatic nitrogens is 1. The third kappa shape index (κ3) is 3.58. The number of phenols is 1. The van der Waals surface area contributed by atoms with Gasteiger partial charge in [-0.05, 0) is 36.5 Å². The number of aromatic hydroxyl groups is 1. The summed E-state index contributed by atoms with van der Waals surface area (Å²) in [7, 11) is 0. The van der Waals surface area contributed by atoms with E-state index < -0.39 is 0 Å². The molecule has 0 aliphatic carbocycles. The average molecular weight is 351 g/mol. The molecule has 4 rings (SSSR count). The van der Waals surface area contributed by atoms with E-state index in [1.807, 2.05) is 36.5 Å². The Morgan fingerprint density at radius 2 is 2.00 bits per heavy atom. The molecule has 1 aromatic carbocycles. The fraction of sp³-hybridized carbons (Fsp3) is 0.429. The van der Waals surface area contributed by atoms with Gasteiger partial charge in [0.25, 0.3) is 0 Å². The van der Waals surface area contributed by atoms with E-state index in [0.29, 0.717) is 30.7 Å². The van der Waals surface area contributed by atoms with Crippen LogP contribution in [0.4, 0.5) is 0 Å². The first-order valence-corrected chi connectivity index (χ1v) is 9.38. The van der Waals surface area contributed by atoms with Crippen LogP contribution in [-0.2, 0) is 17.9 Å². The molecule has 2 aliphatic rings. The van der Waals surface area contributed by atoms with Crippen LogP contribution < -0.4 is 0 Å². The molecule has 2 fully saturated rings. The number of amides is 1. The van der Waals surface area contributed by atoms with Gasteiger partial charge in [-0.25, -0.2) is 0 Å². The predicted molar refractivity (Wildman–Crippen MR) is 99.3 cm³/mol. The van der Waals surface area contributed by atoms with Gasteiger partial charge in [-0.15, -0.1) is 0 Å². The zero-order valence-electron chi connectivity index (χ0n) is 14.9. The highest BCUT2D eigenvalue weighted by molar-refractivity contribution is 5.77. The molecule has 2 aliphatic heterocycles. The van der Waals surface area contributed by atoms with E-state index in [0.717, 1.165) is 43.6 Å². The molecule has 26 heavy (non-hydrogen) atoms. The largest absolute Gasteiger partial charge is 0.508 e. The van der Waals surface area contributed by atoms with Crippen LogP contribution in [0, 0.1) is 5.92 Å². The summed E-state index contributed by atoms with van der Waals surface area (Å²) < 4.78 is 0. The summed E-state index contributed by atoms with van der Waals surface area (Å²) in [4.78, 5) is 21.2. The zero-order valence-corrected chi connectivity index (χ0v) is 14.9. The monoisotopic (exact) mass is 351 g/mol. The molecule has 0 saturated carbocycles. The van der Waals surface area contributed by atoms with Crippen molar-refractivity contribution in [2.75, 3.05) is 13.1 Å². The molecule has 5 heteroatoms. The molecule has 0 spiro atoms. The minimum atomic E-state index is 0.268. The van der Waals surface area contributed by atoms with Crippen LogP contribution in [0.15, 0.2) is 48.8 Å². The minimum Gasteiger partial charge on any atom is -0.508 e. The molecule has 2 aromatic rings. The summed E-state index contributed by atoms with van der Waals surface area (Å²) in [5, 5.41) is 10.0. The number of carbonyl (C=O) groups excluding carboxylic acids is 1. The van der Waals surface area contributed by atoms with Gasteiger partial charge in [0.2, 0.25) is 5.91 Å². The van der Waals surface area contributed by atoms with E-state index in [-0.39, 0.29) is 5.91 Å². The fourth-order valence-corrected chi connectivity index (χ4v) is 4.35. The summed E-state index contributed by atoms with van der Waals surface area (Å²) in [6.07, 6.45) is 6.20. The third-order valence-corrected chi connectivity index (χ3v) is 5.69. The lowest BCUT2D eigenvalue weighted by molar-refractivity contribution is -0.142. The number of fused-ring (bicyclic) bond motifs is 1. The Morgan fingerprint density at radius 3 is 2.81 bits per heavy atom. The van der Waals surface area contributed by atoms with E-state index in [9.17, 15) is 9.90 Å². The van der Waals surface area contributed by atoms with E-state index in [2.05, 4.69) is 14.8 Å². The van der Waals surface area contributed by atoms with Gasteiger partial charge in [-0.2, -0.15) is 0 Å². The van der Waals surface area contributed by atoms with Crippen molar-refractivity contribution in [2.24, 2.45) is 5.92 Å². The first kappa shape index (κ1) is 17.0. The summed E-state index contributed by atoms with van der Waals surface area (Å²) in [5.41, 5.74) is 2.07. The van der Waals surface area contributed by atoms with Gasteiger partial charge in [-0.3, -0.25) is 14.7 Å². The lowest BCUT2D eigenvalue weighted by Crippen LogP contribution is -2.55. The highest BCUT2D eigenvalue weighted by atomic mass is 16.3. The molecule has 136 valence electrons. The summed E-state index contributed by atoms with van der Waals surface area (Å²) >= 11 is 0. The van der Waals surface area contributed by atoms with Gasteiger partial charge in [0.1, 0.15) is 5.75 Å². The van der Waals surface area contributed by atoms with Crippen LogP contribution >= 0.6 is 0 Å². The molecule has 3 heterocycles. The lowest BCUT2D eigenvalue weighted by atomic mass is 9.83. The second kappa shape index (κ2) is 7.46. The van der Waals surface area contributed by atoms with E-state index in [1.54, 1.807) is 12.3 Å². The first-order chi connectivity index (χ1) is 12.7. The van der Waals surface area contributed by atoms with Crippen LogP contribution in [0.2, 0.25) is 0 Å². The Kier molecular flexibility index (Phi) is 4.89. The van der Waals surface area contributed by atoms with Crippen LogP contribution in [-0.4, -0.2) is 44.9 Å². The number of hydrogen-bond acceptors (Lipinski definition) is 4. The number of nitrogens with zero attached hydrogens (tertiary/aromatic N) is 3. The van der Waals surface area contributed by atoms with E-state index in [1.165, 1.54) is 0 Å². The third-order valence-electron chi connectivity index (χ3n) is 5.69. The number of para-hydroxylation sites is 1. The van der Waals surface area contributed by atoms with Crippen LogP contribution in [0.3, 0.4) is 0 Å². The van der Waals surface area contributed by atoms with Crippen molar-refractivity contribution in [2.45, 2.75) is 38.4 Å². The Bertz CT molecular complexity index is 765. The number of hydrogen-bond donors (Lipinski definition) is 1. The van der Waals surface area contributed by atoms with Crippen molar-refractivity contribution in [3.05, 3.63) is 59.9 Å². The molecule has 2 saturated heterocycles. The van der Waals surface area contributed by atoms with E-state index >= 15 is 0 Å². The Balaban J connectivity index is 1.43. The molecule has 1 amide bonds. The maximum Gasteiger partial charge on any atom is 0.223 e. The maximum absolute atomic E-state index is 12.5. The highest BCUT2D eigenvalue weighted by Gasteiger charge is 2.39. The van der Waals surface area contributed by atoms with Gasteiger partial charge in [-0.1, -0.05) is 24.3 Å². The standard InChI is InChI=1S/C21H25N3O2/c25-20-6-2-1-5-18(20)15-23-11-9-19-17(14-23)7-8-21(26)24(19)13-16-4-3-10-22-12-16/h1-6,10,12,17,19,25H,7-9,11,13-15H2/t17-,19+/m1/s1. The normalized spacial score (nSPS) is 23.7. The van der Waals surface area contributed by atoms with Gasteiger partial charge >= 0.3 is 0 Å². The van der Waals surface area contributed by atoms with Crippen molar-refractivity contribution in [1.82, 2.24) is 14.8 Å². The highest BCUT2D eigenvalue weighted by Crippen LogP contribution is 2.33. The summed E-state index contributed by atoms with van der Waals surface area (Å²) in [5.74, 6) is 1.14. The average Bonchev–Trinajstić information content (AvgIpc) is 2.67. The van der Waals surface area contributed by atoms with Gasteiger partial charge < -0.3 is 10.0 Å². The molecule has 0 unspecified atom stereocenters. The number of piperidine rings is 2. The number of pyridine rings is 1. The second-order valence-corrected chi connectivity index (χ2v) is 7.40. The van der Waals surface area contributed by atoms with Gasteiger partial charge in [0.05, 0.1) is 0 Å². The second-order valence-electron chi connectivity index (χ2n) is 7.40. The number of phenolic OH excluding ortho intramolecular Hbond substituents is 1. The quantitative estimate of drug-likeness (QED) is 0.920. The molecule has 1 N–H and O–H groups in total. The van der Waals surface area contributed by atoms with Crippen molar-refractivity contribution < 1.29 is 9.90 Å². The van der Waals surface area contributed by atoms with Crippen molar-refractivity contribution in [3.8, 4) is 5.75 Å². The smallest absolute Gasteiger partial charge is 0.223 e. The molecule has 2 atom stereocenters. The van der Waals surface area contributed by atoms with Crippen molar-refractivity contribution in [3.63, 3.8) is 0 Å². The molecular weight excluding hydrogens is 326 g/mol. The molecule has 0 bridgehead atoms. The topological polar surface area (TPSA) is 56.7 Å². The molecular formula is C21H25N3O2. The molecule has 0 radical (unpaired) electrons. The minimum absolute atomic E-state index is 0.268. The fourth-order valence-electron chi connectivity index (χ4n) is 4.35. The van der Waals surface area contributed by atoms with E-state index in [4.69, 9.17) is 0 Å². The zero-order chi connectivity index (χ0) is 17.9. The maximum atomic E-state index is 12.5. The Labute approximate surface area is 154 Å². The van der Waals surface area contributed by atoms with Crippen LogP contribution in [0.5, 0.6) is 5.75 Å². The predicted octanol–water partition coefficient (Wildman–Crippen LogP) is 2.80. The molecule has 5 nitrogen and oxygen atoms in total. The molecule has 1 aromatic heterocycles. The van der Waals surface area contributed by atoms with Gasteiger partial charge in [0.15, 0.2) is 0 Å². The SMILES string of the molecule is O=C1CC[C@@H]2CN(Cc3ccccc3O)CC[C@@H]2N1Cc1cccnc1. The number of carbonyl (C=O) groups is 1. The van der Waals surface area contributed by atoms with Gasteiger partial charge in [0, 0.05) is 56.6 Å². The summed E-state index contributed by atoms with van der Waals surface area (Å²) in [6.45, 7) is 3.36. The van der Waals surface area contributed by atoms with Crippen molar-refractivity contribution in [1.29, 1.82) is 0 Å². The number of rotatable bonds is 4. The summed E-state index contributed by atoms with van der Waals surface area (Å²) in [6, 6.07) is 11.8. The number of likely N-dealkylation sites (tertiary alicyclic amines) is 2. The number of benzene rings is 1. The Hall–Kier alpha value is -2.40. The Morgan fingerprint density at radius 1 is 1.12 bits per heavy atom. The van der Waals surface area contributed by atoms with Crippen LogP contribution in [0.1, 0.15) is 30.4 Å².